The fourth-order valence-corrected chi connectivity index (χ4v) is 4.64. The Bertz CT molecular complexity index is 1280. The van der Waals surface area contributed by atoms with Crippen LogP contribution in [-0.2, 0) is 15.1 Å². The number of halogens is 1. The number of aromatic amines is 1. The van der Waals surface area contributed by atoms with Crippen molar-refractivity contribution < 1.29 is 13.9 Å². The zero-order chi connectivity index (χ0) is 24.3. The molecule has 1 aromatic heterocycles. The number of hydrogen-bond acceptors (Lipinski definition) is 4. The molecule has 1 aliphatic heterocycles. The van der Waals surface area contributed by atoms with Crippen LogP contribution in [0.4, 0.5) is 4.39 Å². The second-order valence-electron chi connectivity index (χ2n) is 8.49. The molecule has 178 valence electrons. The molecular weight excluding hydrogens is 447 g/mol. The third kappa shape index (κ3) is 4.48. The van der Waals surface area contributed by atoms with Crippen molar-refractivity contribution in [2.75, 3.05) is 6.61 Å². The van der Waals surface area contributed by atoms with E-state index in [0.29, 0.717) is 0 Å². The number of H-pyrrole nitrogens is 1. The second kappa shape index (κ2) is 9.82. The van der Waals surface area contributed by atoms with E-state index < -0.39 is 35.4 Å². The molecule has 1 saturated heterocycles. The monoisotopic (exact) mass is 472 g/mol. The van der Waals surface area contributed by atoms with Crippen molar-refractivity contribution in [1.82, 2.24) is 9.55 Å². The van der Waals surface area contributed by atoms with Gasteiger partial charge in [0.2, 0.25) is 0 Å². The van der Waals surface area contributed by atoms with Gasteiger partial charge in [-0.2, -0.15) is 0 Å². The molecule has 3 atom stereocenters. The maximum absolute atomic E-state index is 15.1. The summed E-state index contributed by atoms with van der Waals surface area (Å²) in [6.07, 6.45) is -1.77. The fourth-order valence-electron chi connectivity index (χ4n) is 4.64. The largest absolute Gasteiger partial charge is 0.358 e. The number of aromatic nitrogens is 2. The summed E-state index contributed by atoms with van der Waals surface area (Å²) in [5.74, 6) is 0. The van der Waals surface area contributed by atoms with E-state index in [1.54, 1.807) is 0 Å². The summed E-state index contributed by atoms with van der Waals surface area (Å²) in [6.45, 7) is -0.0472. The van der Waals surface area contributed by atoms with Gasteiger partial charge in [-0.15, -0.1) is 0 Å². The quantitative estimate of drug-likeness (QED) is 0.410. The Morgan fingerprint density at radius 3 is 1.86 bits per heavy atom. The third-order valence-corrected chi connectivity index (χ3v) is 6.33. The molecule has 4 aromatic rings. The molecular formula is C28H25FN2O4. The Balaban J connectivity index is 1.50. The van der Waals surface area contributed by atoms with Gasteiger partial charge in [-0.3, -0.25) is 14.3 Å². The molecule has 6 nitrogen and oxygen atoms in total. The smallest absolute Gasteiger partial charge is 0.330 e. The lowest BCUT2D eigenvalue weighted by Crippen LogP contribution is -2.37. The molecule has 0 spiro atoms. The van der Waals surface area contributed by atoms with Crippen LogP contribution in [0.25, 0.3) is 0 Å². The number of rotatable bonds is 7. The fraction of sp³-hybridized carbons (Fsp3) is 0.214. The van der Waals surface area contributed by atoms with Gasteiger partial charge in [0.1, 0.15) is 24.1 Å². The number of ether oxygens (including phenoxy) is 2. The van der Waals surface area contributed by atoms with E-state index in [4.69, 9.17) is 9.47 Å². The summed E-state index contributed by atoms with van der Waals surface area (Å²) >= 11 is 0. The van der Waals surface area contributed by atoms with E-state index in [-0.39, 0.29) is 13.0 Å². The Kier molecular flexibility index (Phi) is 6.44. The minimum absolute atomic E-state index is 0.0189. The Hall–Kier alpha value is -3.81. The Labute approximate surface area is 201 Å². The lowest BCUT2D eigenvalue weighted by molar-refractivity contribution is -0.0868. The molecule has 0 saturated carbocycles. The van der Waals surface area contributed by atoms with Gasteiger partial charge < -0.3 is 9.47 Å². The summed E-state index contributed by atoms with van der Waals surface area (Å²) < 4.78 is 28.9. The van der Waals surface area contributed by atoms with Crippen LogP contribution in [0.1, 0.15) is 29.3 Å². The summed E-state index contributed by atoms with van der Waals surface area (Å²) in [4.78, 5) is 25.8. The maximum Gasteiger partial charge on any atom is 0.330 e. The molecule has 0 radical (unpaired) electrons. The Morgan fingerprint density at radius 1 is 0.857 bits per heavy atom. The first-order chi connectivity index (χ1) is 17.1. The third-order valence-electron chi connectivity index (χ3n) is 6.33. The first-order valence-corrected chi connectivity index (χ1v) is 11.5. The summed E-state index contributed by atoms with van der Waals surface area (Å²) in [6, 6.07) is 30.7. The highest BCUT2D eigenvalue weighted by atomic mass is 19.1. The molecule has 5 rings (SSSR count). The van der Waals surface area contributed by atoms with E-state index >= 15 is 4.39 Å². The van der Waals surface area contributed by atoms with Crippen molar-refractivity contribution in [1.29, 1.82) is 0 Å². The molecule has 3 aromatic carbocycles. The van der Waals surface area contributed by atoms with Gasteiger partial charge in [-0.25, -0.2) is 9.18 Å². The SMILES string of the molecule is O=c1ccn(C2CC(F)C(COC(c3ccccc3)(c3ccccc3)c3ccccc3)O2)c(=O)[nH]1. The summed E-state index contributed by atoms with van der Waals surface area (Å²) in [5.41, 5.74) is 0.556. The van der Waals surface area contributed by atoms with Gasteiger partial charge in [-0.1, -0.05) is 91.0 Å². The standard InChI is InChI=1S/C28H25FN2O4/c29-23-18-26(31-17-16-25(32)30-27(31)33)35-24(23)19-34-28(20-10-4-1-5-11-20,21-12-6-2-7-13-21)22-14-8-3-9-15-22/h1-17,23-24,26H,18-19H2,(H,30,32,33). The van der Waals surface area contributed by atoms with Crippen LogP contribution in [0, 0.1) is 0 Å². The molecule has 0 amide bonds. The van der Waals surface area contributed by atoms with Gasteiger partial charge >= 0.3 is 5.69 Å². The molecule has 3 unspecified atom stereocenters. The normalized spacial score (nSPS) is 20.1. The molecule has 1 fully saturated rings. The molecule has 0 aliphatic carbocycles. The molecule has 0 bridgehead atoms. The summed E-state index contributed by atoms with van der Waals surface area (Å²) in [5, 5.41) is 0. The molecule has 1 N–H and O–H groups in total. The molecule has 2 heterocycles. The van der Waals surface area contributed by atoms with Crippen LogP contribution in [0.3, 0.4) is 0 Å². The van der Waals surface area contributed by atoms with Gasteiger partial charge in [0.25, 0.3) is 5.56 Å². The zero-order valence-electron chi connectivity index (χ0n) is 18.9. The number of hydrogen-bond donors (Lipinski definition) is 1. The van der Waals surface area contributed by atoms with Crippen LogP contribution in [0.15, 0.2) is 113 Å². The predicted octanol–water partition coefficient (Wildman–Crippen LogP) is 4.17. The molecule has 35 heavy (non-hydrogen) atoms. The van der Waals surface area contributed by atoms with Gasteiger partial charge in [0.15, 0.2) is 0 Å². The molecule has 7 heteroatoms. The number of nitrogens with one attached hydrogen (secondary N) is 1. The van der Waals surface area contributed by atoms with Crippen molar-refractivity contribution in [3.8, 4) is 0 Å². The van der Waals surface area contributed by atoms with Crippen LogP contribution >= 0.6 is 0 Å². The van der Waals surface area contributed by atoms with Crippen LogP contribution < -0.4 is 11.2 Å². The van der Waals surface area contributed by atoms with Crippen molar-refractivity contribution in [3.05, 3.63) is 141 Å². The average molecular weight is 473 g/mol. The van der Waals surface area contributed by atoms with Crippen LogP contribution in [0.2, 0.25) is 0 Å². The average Bonchev–Trinajstić information content (AvgIpc) is 3.26. The highest BCUT2D eigenvalue weighted by Gasteiger charge is 2.42. The van der Waals surface area contributed by atoms with Gasteiger partial charge in [0.05, 0.1) is 6.61 Å². The number of nitrogens with zero attached hydrogens (tertiary/aromatic N) is 1. The second-order valence-corrected chi connectivity index (χ2v) is 8.49. The van der Waals surface area contributed by atoms with E-state index in [0.717, 1.165) is 16.7 Å². The van der Waals surface area contributed by atoms with E-state index in [2.05, 4.69) is 4.98 Å². The predicted molar refractivity (Wildman–Crippen MR) is 130 cm³/mol. The van der Waals surface area contributed by atoms with E-state index in [1.807, 2.05) is 91.0 Å². The first-order valence-electron chi connectivity index (χ1n) is 11.5. The van der Waals surface area contributed by atoms with E-state index in [9.17, 15) is 9.59 Å². The van der Waals surface area contributed by atoms with Crippen molar-refractivity contribution in [2.24, 2.45) is 0 Å². The van der Waals surface area contributed by atoms with Gasteiger partial charge in [-0.05, 0) is 16.7 Å². The molecule has 1 aliphatic rings. The minimum atomic E-state index is -1.35. The first kappa shape index (κ1) is 23.0. The Morgan fingerprint density at radius 2 is 1.37 bits per heavy atom. The van der Waals surface area contributed by atoms with Crippen LogP contribution in [-0.4, -0.2) is 28.4 Å². The maximum atomic E-state index is 15.1. The topological polar surface area (TPSA) is 73.3 Å². The lowest BCUT2D eigenvalue weighted by Gasteiger charge is -2.36. The minimum Gasteiger partial charge on any atom is -0.358 e. The lowest BCUT2D eigenvalue weighted by atomic mass is 9.80. The zero-order valence-corrected chi connectivity index (χ0v) is 18.9. The highest BCUT2D eigenvalue weighted by molar-refractivity contribution is 5.47. The van der Waals surface area contributed by atoms with Crippen molar-refractivity contribution >= 4 is 0 Å². The number of benzene rings is 3. The van der Waals surface area contributed by atoms with Crippen molar-refractivity contribution in [3.63, 3.8) is 0 Å². The van der Waals surface area contributed by atoms with E-state index in [1.165, 1.54) is 16.8 Å². The van der Waals surface area contributed by atoms with Crippen LogP contribution in [0.5, 0.6) is 0 Å². The summed E-state index contributed by atoms with van der Waals surface area (Å²) in [7, 11) is 0. The highest BCUT2D eigenvalue weighted by Crippen LogP contribution is 2.41. The number of alkyl halides is 1. The van der Waals surface area contributed by atoms with Crippen molar-refractivity contribution in [2.45, 2.75) is 30.5 Å². The van der Waals surface area contributed by atoms with Gasteiger partial charge in [0, 0.05) is 18.7 Å².